The van der Waals surface area contributed by atoms with Crippen molar-refractivity contribution in [2.24, 2.45) is 10.2 Å². The fourth-order valence-corrected chi connectivity index (χ4v) is 4.40. The molecule has 9 nitrogen and oxygen atoms in total. The number of carbonyl (C=O) groups is 1. The molecule has 0 spiro atoms. The smallest absolute Gasteiger partial charge is 0.295 e. The van der Waals surface area contributed by atoms with E-state index in [-0.39, 0.29) is 27.7 Å². The molecule has 0 atom stereocenters. The number of azo groups is 1. The number of aromatic nitrogens is 1. The van der Waals surface area contributed by atoms with Gasteiger partial charge in [-0.3, -0.25) is 9.52 Å². The van der Waals surface area contributed by atoms with E-state index in [0.29, 0.717) is 28.3 Å². The Labute approximate surface area is 200 Å². The molecule has 0 aliphatic heterocycles. The van der Waals surface area contributed by atoms with Gasteiger partial charge in [0.15, 0.2) is 5.69 Å². The van der Waals surface area contributed by atoms with Crippen molar-refractivity contribution in [2.75, 3.05) is 11.3 Å². The van der Waals surface area contributed by atoms with Crippen LogP contribution in [0.3, 0.4) is 0 Å². The summed E-state index contributed by atoms with van der Waals surface area (Å²) in [5.74, 6) is -0.341. The zero-order chi connectivity index (χ0) is 24.3. The van der Waals surface area contributed by atoms with Crippen LogP contribution in [0.4, 0.5) is 11.4 Å². The summed E-state index contributed by atoms with van der Waals surface area (Å²) < 4.78 is 33.0. The van der Waals surface area contributed by atoms with Crippen molar-refractivity contribution < 1.29 is 23.1 Å². The van der Waals surface area contributed by atoms with E-state index in [1.54, 1.807) is 30.3 Å². The molecule has 0 aliphatic carbocycles. The van der Waals surface area contributed by atoms with Gasteiger partial charge in [-0.05, 0) is 73.7 Å². The molecule has 1 aromatic heterocycles. The standard InChI is InChI=1S/C23H19ClN4O5S/c1-2-33-17-8-10-18(11-9-17)34(31,32)28-16-6-3-14(4-7-16)22(29)27-26-21-19-13-15(24)5-12-20(19)25-23(21)30/h3-13,25,28,30H,2H2,1H3. The van der Waals surface area contributed by atoms with E-state index in [2.05, 4.69) is 19.9 Å². The van der Waals surface area contributed by atoms with Gasteiger partial charge in [0.1, 0.15) is 5.75 Å². The number of hydrogen-bond donors (Lipinski definition) is 3. The Kier molecular flexibility index (Phi) is 6.53. The first-order chi connectivity index (χ1) is 16.3. The van der Waals surface area contributed by atoms with Crippen LogP contribution in [0.2, 0.25) is 5.02 Å². The van der Waals surface area contributed by atoms with Crippen molar-refractivity contribution >= 4 is 49.8 Å². The lowest BCUT2D eigenvalue weighted by Crippen LogP contribution is -2.13. The third kappa shape index (κ3) is 5.03. The molecule has 0 saturated heterocycles. The Bertz CT molecular complexity index is 1480. The van der Waals surface area contributed by atoms with Crippen LogP contribution in [-0.4, -0.2) is 31.0 Å². The van der Waals surface area contributed by atoms with Gasteiger partial charge in [0.25, 0.3) is 15.9 Å². The number of fused-ring (bicyclic) bond motifs is 1. The largest absolute Gasteiger partial charge is 0.494 e. The molecule has 174 valence electrons. The monoisotopic (exact) mass is 498 g/mol. The van der Waals surface area contributed by atoms with Crippen LogP contribution in [0.1, 0.15) is 17.3 Å². The number of halogens is 1. The number of aromatic amines is 1. The topological polar surface area (TPSA) is 133 Å². The normalized spacial score (nSPS) is 11.7. The second-order valence-corrected chi connectivity index (χ2v) is 9.22. The molecule has 0 fully saturated rings. The van der Waals surface area contributed by atoms with Crippen LogP contribution in [0.15, 0.2) is 81.9 Å². The summed E-state index contributed by atoms with van der Waals surface area (Å²) >= 11 is 5.99. The Hall–Kier alpha value is -3.89. The van der Waals surface area contributed by atoms with Crippen LogP contribution in [0.5, 0.6) is 11.6 Å². The molecular formula is C23H19ClN4O5S. The molecular weight excluding hydrogens is 480 g/mol. The fraction of sp³-hybridized carbons (Fsp3) is 0.0870. The zero-order valence-electron chi connectivity index (χ0n) is 17.8. The number of ether oxygens (including phenoxy) is 1. The van der Waals surface area contributed by atoms with Gasteiger partial charge in [0.2, 0.25) is 5.88 Å². The second kappa shape index (κ2) is 9.54. The number of benzene rings is 3. The number of nitrogens with one attached hydrogen (secondary N) is 2. The van der Waals surface area contributed by atoms with Gasteiger partial charge in [-0.25, -0.2) is 8.42 Å². The van der Waals surface area contributed by atoms with Crippen LogP contribution < -0.4 is 9.46 Å². The zero-order valence-corrected chi connectivity index (χ0v) is 19.4. The van der Waals surface area contributed by atoms with Gasteiger partial charge in [-0.15, -0.1) is 10.2 Å². The maximum atomic E-state index is 12.6. The molecule has 3 N–H and O–H groups in total. The van der Waals surface area contributed by atoms with E-state index in [1.807, 2.05) is 6.92 Å². The van der Waals surface area contributed by atoms with Crippen LogP contribution in [0, 0.1) is 0 Å². The maximum Gasteiger partial charge on any atom is 0.295 e. The van der Waals surface area contributed by atoms with Crippen molar-refractivity contribution in [3.8, 4) is 11.6 Å². The lowest BCUT2D eigenvalue weighted by Gasteiger charge is -2.09. The third-order valence-electron chi connectivity index (χ3n) is 4.78. The highest BCUT2D eigenvalue weighted by Crippen LogP contribution is 2.36. The highest BCUT2D eigenvalue weighted by Gasteiger charge is 2.15. The van der Waals surface area contributed by atoms with Crippen molar-refractivity contribution in [2.45, 2.75) is 11.8 Å². The number of H-pyrrole nitrogens is 1. The second-order valence-electron chi connectivity index (χ2n) is 7.10. The molecule has 3 aromatic carbocycles. The van der Waals surface area contributed by atoms with E-state index in [1.165, 1.54) is 36.4 Å². The molecule has 34 heavy (non-hydrogen) atoms. The van der Waals surface area contributed by atoms with Gasteiger partial charge in [0.05, 0.1) is 17.0 Å². The molecule has 1 amide bonds. The fourth-order valence-electron chi connectivity index (χ4n) is 3.17. The van der Waals surface area contributed by atoms with E-state index in [0.717, 1.165) is 0 Å². The first-order valence-corrected chi connectivity index (χ1v) is 11.9. The molecule has 0 radical (unpaired) electrons. The van der Waals surface area contributed by atoms with Gasteiger partial charge < -0.3 is 14.8 Å². The average Bonchev–Trinajstić information content (AvgIpc) is 3.12. The Morgan fingerprint density at radius 1 is 1.09 bits per heavy atom. The third-order valence-corrected chi connectivity index (χ3v) is 6.42. The van der Waals surface area contributed by atoms with E-state index >= 15 is 0 Å². The minimum atomic E-state index is -3.82. The summed E-state index contributed by atoms with van der Waals surface area (Å²) in [4.78, 5) is 15.2. The van der Waals surface area contributed by atoms with Gasteiger partial charge >= 0.3 is 0 Å². The SMILES string of the molecule is CCOc1ccc(S(=O)(=O)Nc2ccc(C(=O)N=Nc3c(O)[nH]c4ccc(Cl)cc34)cc2)cc1. The molecule has 4 aromatic rings. The number of anilines is 1. The van der Waals surface area contributed by atoms with E-state index < -0.39 is 15.9 Å². The van der Waals surface area contributed by atoms with Gasteiger partial charge in [0, 0.05) is 21.7 Å². The van der Waals surface area contributed by atoms with E-state index in [9.17, 15) is 18.3 Å². The number of hydrogen-bond acceptors (Lipinski definition) is 6. The Morgan fingerprint density at radius 3 is 2.47 bits per heavy atom. The number of carbonyl (C=O) groups excluding carboxylic acids is 1. The molecule has 11 heteroatoms. The predicted octanol–water partition coefficient (Wildman–Crippen LogP) is 5.65. The summed E-state index contributed by atoms with van der Waals surface area (Å²) in [6.07, 6.45) is 0. The molecule has 4 rings (SSSR count). The van der Waals surface area contributed by atoms with Crippen molar-refractivity contribution in [1.82, 2.24) is 4.98 Å². The van der Waals surface area contributed by atoms with Crippen molar-refractivity contribution in [3.05, 3.63) is 77.3 Å². The number of sulfonamides is 1. The summed E-state index contributed by atoms with van der Waals surface area (Å²) in [5.41, 5.74) is 1.13. The highest BCUT2D eigenvalue weighted by atomic mass is 35.5. The molecule has 0 unspecified atom stereocenters. The minimum Gasteiger partial charge on any atom is -0.494 e. The van der Waals surface area contributed by atoms with Crippen LogP contribution >= 0.6 is 11.6 Å². The Balaban J connectivity index is 1.47. The average molecular weight is 499 g/mol. The number of nitrogens with zero attached hydrogens (tertiary/aromatic N) is 2. The minimum absolute atomic E-state index is 0.0727. The summed E-state index contributed by atoms with van der Waals surface area (Å²) in [6, 6.07) is 16.7. The first kappa shape index (κ1) is 23.3. The molecule has 0 aliphatic rings. The summed E-state index contributed by atoms with van der Waals surface area (Å²) in [7, 11) is -3.82. The molecule has 0 saturated carbocycles. The van der Waals surface area contributed by atoms with Crippen LogP contribution in [-0.2, 0) is 10.0 Å². The number of amides is 1. The lowest BCUT2D eigenvalue weighted by atomic mass is 10.2. The quantitative estimate of drug-likeness (QED) is 0.283. The molecule has 1 heterocycles. The predicted molar refractivity (Wildman–Crippen MR) is 129 cm³/mol. The lowest BCUT2D eigenvalue weighted by molar-refractivity contribution is 0.0995. The summed E-state index contributed by atoms with van der Waals surface area (Å²) in [5, 5.41) is 18.5. The summed E-state index contributed by atoms with van der Waals surface area (Å²) in [6.45, 7) is 2.32. The maximum absolute atomic E-state index is 12.6. The molecule has 0 bridgehead atoms. The van der Waals surface area contributed by atoms with Gasteiger partial charge in [-0.2, -0.15) is 0 Å². The van der Waals surface area contributed by atoms with Crippen LogP contribution in [0.25, 0.3) is 10.9 Å². The van der Waals surface area contributed by atoms with E-state index in [4.69, 9.17) is 16.3 Å². The number of rotatable bonds is 7. The number of aromatic hydroxyl groups is 1. The van der Waals surface area contributed by atoms with Gasteiger partial charge in [-0.1, -0.05) is 11.6 Å². The van der Waals surface area contributed by atoms with Crippen molar-refractivity contribution in [1.29, 1.82) is 0 Å². The highest BCUT2D eigenvalue weighted by molar-refractivity contribution is 7.92. The van der Waals surface area contributed by atoms with Crippen molar-refractivity contribution in [3.63, 3.8) is 0 Å². The first-order valence-electron chi connectivity index (χ1n) is 10.1. The Morgan fingerprint density at radius 2 is 1.79 bits per heavy atom.